The van der Waals surface area contributed by atoms with Gasteiger partial charge in [0.2, 0.25) is 22.7 Å². The molecule has 9 nitrogen and oxygen atoms in total. The first kappa shape index (κ1) is 26.0. The Hall–Kier alpha value is -4.05. The zero-order valence-electron chi connectivity index (χ0n) is 20.6. The fourth-order valence-electron chi connectivity index (χ4n) is 4.01. The van der Waals surface area contributed by atoms with Crippen molar-refractivity contribution < 1.29 is 27.5 Å². The molecule has 0 bridgehead atoms. The molecular formula is C27H29N3O6S. The Kier molecular flexibility index (Phi) is 7.98. The molecule has 3 aromatic carbocycles. The number of para-hydroxylation sites is 1. The van der Waals surface area contributed by atoms with Crippen LogP contribution in [0.1, 0.15) is 41.7 Å². The minimum atomic E-state index is -3.59. The zero-order chi connectivity index (χ0) is 26.4. The number of hydrogen-bond donors (Lipinski definition) is 2. The molecule has 37 heavy (non-hydrogen) atoms. The normalized spacial score (nSPS) is 13.0. The van der Waals surface area contributed by atoms with E-state index < -0.39 is 10.0 Å². The fraction of sp³-hybridized carbons (Fsp3) is 0.259. The summed E-state index contributed by atoms with van der Waals surface area (Å²) < 4.78 is 36.7. The second-order valence-corrected chi connectivity index (χ2v) is 10.6. The number of sulfonamides is 1. The van der Waals surface area contributed by atoms with E-state index in [0.29, 0.717) is 28.4 Å². The second-order valence-electron chi connectivity index (χ2n) is 8.68. The van der Waals surface area contributed by atoms with Crippen LogP contribution in [0.5, 0.6) is 11.5 Å². The number of carbonyl (C=O) groups is 2. The van der Waals surface area contributed by atoms with Crippen molar-refractivity contribution in [2.24, 2.45) is 0 Å². The van der Waals surface area contributed by atoms with Gasteiger partial charge in [0.15, 0.2) is 11.5 Å². The summed E-state index contributed by atoms with van der Waals surface area (Å²) >= 11 is 0. The quantitative estimate of drug-likeness (QED) is 0.414. The number of fused-ring (bicyclic) bond motifs is 1. The third-order valence-electron chi connectivity index (χ3n) is 5.90. The molecule has 1 atom stereocenters. The lowest BCUT2D eigenvalue weighted by Crippen LogP contribution is -2.31. The van der Waals surface area contributed by atoms with Gasteiger partial charge < -0.3 is 20.1 Å². The molecule has 3 aromatic rings. The van der Waals surface area contributed by atoms with Crippen molar-refractivity contribution in [3.05, 3.63) is 83.9 Å². The first-order chi connectivity index (χ1) is 17.7. The molecule has 0 unspecified atom stereocenters. The van der Waals surface area contributed by atoms with Crippen molar-refractivity contribution in [3.63, 3.8) is 0 Å². The number of rotatable bonds is 10. The first-order valence-electron chi connectivity index (χ1n) is 11.8. The van der Waals surface area contributed by atoms with Gasteiger partial charge in [0.1, 0.15) is 0 Å². The van der Waals surface area contributed by atoms with Crippen molar-refractivity contribution in [1.82, 2.24) is 5.32 Å². The van der Waals surface area contributed by atoms with Gasteiger partial charge in [-0.25, -0.2) is 8.42 Å². The standard InChI is InChI=1S/C27H29N3O6S/c1-19(20-9-4-3-5-10-20)28-27(32)22-11-6-7-12-23(22)29-26(31)13-8-16-30(37(2,33)34)21-14-15-24-25(17-21)36-18-35-24/h3-7,9-12,14-15,17,19H,8,13,16,18H2,1-2H3,(H,28,32)(H,29,31)/t19-/m1/s1. The van der Waals surface area contributed by atoms with E-state index in [1.165, 1.54) is 4.31 Å². The highest BCUT2D eigenvalue weighted by Gasteiger charge is 2.22. The molecule has 0 aromatic heterocycles. The number of benzene rings is 3. The van der Waals surface area contributed by atoms with Crippen molar-refractivity contribution >= 4 is 33.2 Å². The predicted molar refractivity (Wildman–Crippen MR) is 141 cm³/mol. The topological polar surface area (TPSA) is 114 Å². The minimum absolute atomic E-state index is 0.0624. The number of amides is 2. The average Bonchev–Trinajstić information content (AvgIpc) is 3.34. The summed E-state index contributed by atoms with van der Waals surface area (Å²) in [6.07, 6.45) is 1.45. The van der Waals surface area contributed by atoms with Crippen molar-refractivity contribution in [3.8, 4) is 11.5 Å². The van der Waals surface area contributed by atoms with Gasteiger partial charge in [0, 0.05) is 19.0 Å². The monoisotopic (exact) mass is 523 g/mol. The molecule has 0 aliphatic carbocycles. The van der Waals surface area contributed by atoms with Crippen LogP contribution in [0.25, 0.3) is 0 Å². The number of carbonyl (C=O) groups excluding carboxylic acids is 2. The molecule has 1 heterocycles. The molecule has 0 saturated heterocycles. The highest BCUT2D eigenvalue weighted by molar-refractivity contribution is 7.92. The maximum Gasteiger partial charge on any atom is 0.253 e. The smallest absolute Gasteiger partial charge is 0.253 e. The third kappa shape index (κ3) is 6.59. The zero-order valence-corrected chi connectivity index (χ0v) is 21.5. The first-order valence-corrected chi connectivity index (χ1v) is 13.7. The fourth-order valence-corrected chi connectivity index (χ4v) is 4.97. The third-order valence-corrected chi connectivity index (χ3v) is 7.10. The van der Waals surface area contributed by atoms with E-state index in [1.54, 1.807) is 42.5 Å². The van der Waals surface area contributed by atoms with Gasteiger partial charge in [-0.1, -0.05) is 42.5 Å². The maximum absolute atomic E-state index is 12.9. The van der Waals surface area contributed by atoms with Gasteiger partial charge in [-0.15, -0.1) is 0 Å². The van der Waals surface area contributed by atoms with Crippen LogP contribution in [-0.4, -0.2) is 39.8 Å². The summed E-state index contributed by atoms with van der Waals surface area (Å²) in [5.41, 5.74) is 2.13. The van der Waals surface area contributed by atoms with Crippen LogP contribution in [0.3, 0.4) is 0 Å². The van der Waals surface area contributed by atoms with Gasteiger partial charge in [0.25, 0.3) is 5.91 Å². The van der Waals surface area contributed by atoms with Crippen LogP contribution in [0.4, 0.5) is 11.4 Å². The minimum Gasteiger partial charge on any atom is -0.454 e. The molecule has 1 aliphatic rings. The van der Waals surface area contributed by atoms with Gasteiger partial charge in [-0.3, -0.25) is 13.9 Å². The lowest BCUT2D eigenvalue weighted by Gasteiger charge is -2.22. The van der Waals surface area contributed by atoms with E-state index in [4.69, 9.17) is 9.47 Å². The number of ether oxygens (including phenoxy) is 2. The Balaban J connectivity index is 1.37. The maximum atomic E-state index is 12.9. The summed E-state index contributed by atoms with van der Waals surface area (Å²) in [6.45, 7) is 2.08. The molecule has 2 amide bonds. The summed E-state index contributed by atoms with van der Waals surface area (Å²) in [7, 11) is -3.59. The summed E-state index contributed by atoms with van der Waals surface area (Å²) in [4.78, 5) is 25.6. The van der Waals surface area contributed by atoms with Gasteiger partial charge in [-0.05, 0) is 43.2 Å². The Bertz CT molecular complexity index is 1380. The van der Waals surface area contributed by atoms with Crippen molar-refractivity contribution in [2.75, 3.05) is 29.2 Å². The highest BCUT2D eigenvalue weighted by atomic mass is 32.2. The Morgan fingerprint density at radius 3 is 2.43 bits per heavy atom. The molecule has 0 fully saturated rings. The summed E-state index contributed by atoms with van der Waals surface area (Å²) in [5.74, 6) is 0.395. The lowest BCUT2D eigenvalue weighted by molar-refractivity contribution is -0.116. The Morgan fingerprint density at radius 1 is 0.973 bits per heavy atom. The molecular weight excluding hydrogens is 494 g/mol. The van der Waals surface area contributed by atoms with E-state index in [-0.39, 0.29) is 44.0 Å². The molecule has 0 radical (unpaired) electrons. The second kappa shape index (κ2) is 11.3. The molecule has 0 saturated carbocycles. The van der Waals surface area contributed by atoms with Crippen LogP contribution < -0.4 is 24.4 Å². The van der Waals surface area contributed by atoms with Crippen LogP contribution in [-0.2, 0) is 14.8 Å². The number of hydrogen-bond acceptors (Lipinski definition) is 6. The van der Waals surface area contributed by atoms with E-state index in [0.717, 1.165) is 11.8 Å². The molecule has 10 heteroatoms. The van der Waals surface area contributed by atoms with E-state index in [9.17, 15) is 18.0 Å². The van der Waals surface area contributed by atoms with E-state index >= 15 is 0 Å². The molecule has 0 spiro atoms. The molecule has 1 aliphatic heterocycles. The van der Waals surface area contributed by atoms with Gasteiger partial charge in [-0.2, -0.15) is 0 Å². The van der Waals surface area contributed by atoms with Crippen molar-refractivity contribution in [2.45, 2.75) is 25.8 Å². The van der Waals surface area contributed by atoms with Crippen LogP contribution in [0, 0.1) is 0 Å². The van der Waals surface area contributed by atoms with E-state index in [1.807, 2.05) is 37.3 Å². The number of anilines is 2. The summed E-state index contributed by atoms with van der Waals surface area (Å²) in [6, 6.07) is 21.0. The van der Waals surface area contributed by atoms with Crippen LogP contribution in [0.2, 0.25) is 0 Å². The lowest BCUT2D eigenvalue weighted by atomic mass is 10.1. The van der Waals surface area contributed by atoms with Crippen LogP contribution >= 0.6 is 0 Å². The SMILES string of the molecule is C[C@@H](NC(=O)c1ccccc1NC(=O)CCCN(c1ccc2c(c1)OCO2)S(C)(=O)=O)c1ccccc1. The predicted octanol–water partition coefficient (Wildman–Crippen LogP) is 4.09. The van der Waals surface area contributed by atoms with Crippen molar-refractivity contribution in [1.29, 1.82) is 0 Å². The Labute approximate surface area is 216 Å². The number of nitrogens with one attached hydrogen (secondary N) is 2. The Morgan fingerprint density at radius 2 is 1.68 bits per heavy atom. The molecule has 2 N–H and O–H groups in total. The van der Waals surface area contributed by atoms with Gasteiger partial charge in [0.05, 0.1) is 29.2 Å². The molecule has 4 rings (SSSR count). The largest absolute Gasteiger partial charge is 0.454 e. The average molecular weight is 524 g/mol. The summed E-state index contributed by atoms with van der Waals surface area (Å²) in [5, 5.41) is 5.74. The number of nitrogens with zero attached hydrogens (tertiary/aromatic N) is 1. The van der Waals surface area contributed by atoms with Crippen LogP contribution in [0.15, 0.2) is 72.8 Å². The van der Waals surface area contributed by atoms with Gasteiger partial charge >= 0.3 is 0 Å². The molecule has 194 valence electrons. The van der Waals surface area contributed by atoms with E-state index in [2.05, 4.69) is 10.6 Å². The highest BCUT2D eigenvalue weighted by Crippen LogP contribution is 2.36.